The number of aromatic nitrogens is 7. The molecule has 2 N–H and O–H groups in total. The van der Waals surface area contributed by atoms with Crippen LogP contribution in [0.5, 0.6) is 0 Å². The van der Waals surface area contributed by atoms with Crippen LogP contribution in [0.15, 0.2) is 36.9 Å². The third-order valence-electron chi connectivity index (χ3n) is 4.48. The fourth-order valence-electron chi connectivity index (χ4n) is 3.18. The number of hydrogen-bond donors (Lipinski definition) is 2. The van der Waals surface area contributed by atoms with Crippen LogP contribution in [0.2, 0.25) is 10.2 Å². The predicted molar refractivity (Wildman–Crippen MR) is 120 cm³/mol. The maximum atomic E-state index is 12.7. The molecule has 166 valence electrons. The van der Waals surface area contributed by atoms with Crippen LogP contribution in [0.1, 0.15) is 12.6 Å². The van der Waals surface area contributed by atoms with E-state index in [0.717, 1.165) is 5.69 Å². The van der Waals surface area contributed by atoms with Gasteiger partial charge in [0.05, 0.1) is 46.9 Å². The standard InChI is InChI=1S/C19H19Cl2N9O2/c1-11(10-32-2)5-15-14(9-22-17-7-16(21)28-29(15)17)27-19(31)26-12-6-13(20)18(23-8-12)30-24-3-4-25-30/h3-4,6-9,11H,5,10H2,1-2H3,(H2,26,27,31). The first-order chi connectivity index (χ1) is 15.4. The van der Waals surface area contributed by atoms with E-state index in [-0.39, 0.29) is 10.9 Å². The fraction of sp³-hybridized carbons (Fsp3) is 0.263. The molecule has 4 aromatic rings. The van der Waals surface area contributed by atoms with Crippen molar-refractivity contribution in [1.29, 1.82) is 0 Å². The highest BCUT2D eigenvalue weighted by Crippen LogP contribution is 2.23. The number of rotatable bonds is 7. The summed E-state index contributed by atoms with van der Waals surface area (Å²) in [6, 6.07) is 2.72. The van der Waals surface area contributed by atoms with Gasteiger partial charge in [-0.1, -0.05) is 30.1 Å². The van der Waals surface area contributed by atoms with Gasteiger partial charge in [-0.15, -0.1) is 4.80 Å². The van der Waals surface area contributed by atoms with Crippen LogP contribution in [0.4, 0.5) is 16.2 Å². The average Bonchev–Trinajstić information content (AvgIpc) is 3.39. The van der Waals surface area contributed by atoms with E-state index in [0.29, 0.717) is 41.0 Å². The molecule has 0 aliphatic heterocycles. The van der Waals surface area contributed by atoms with Gasteiger partial charge >= 0.3 is 6.03 Å². The van der Waals surface area contributed by atoms with Crippen molar-refractivity contribution in [2.45, 2.75) is 13.3 Å². The summed E-state index contributed by atoms with van der Waals surface area (Å²) in [5, 5.41) is 18.4. The largest absolute Gasteiger partial charge is 0.384 e. The third-order valence-corrected chi connectivity index (χ3v) is 4.95. The molecule has 1 unspecified atom stereocenters. The SMILES string of the molecule is COCC(C)Cc1c(NC(=O)Nc2cnc(-n3nccn3)c(Cl)c2)cnc2cc(Cl)nn12. The number of pyridine rings is 1. The molecule has 0 bridgehead atoms. The van der Waals surface area contributed by atoms with Crippen molar-refractivity contribution in [3.05, 3.63) is 52.8 Å². The van der Waals surface area contributed by atoms with Gasteiger partial charge in [-0.25, -0.2) is 19.3 Å². The lowest BCUT2D eigenvalue weighted by Gasteiger charge is -2.16. The number of carbonyl (C=O) groups is 1. The maximum absolute atomic E-state index is 12.7. The van der Waals surface area contributed by atoms with Crippen molar-refractivity contribution in [1.82, 2.24) is 34.6 Å². The number of hydrogen-bond acceptors (Lipinski definition) is 7. The normalized spacial score (nSPS) is 12.1. The van der Waals surface area contributed by atoms with E-state index in [1.807, 2.05) is 6.92 Å². The van der Waals surface area contributed by atoms with E-state index < -0.39 is 6.03 Å². The van der Waals surface area contributed by atoms with E-state index in [2.05, 4.69) is 35.9 Å². The van der Waals surface area contributed by atoms with Crippen LogP contribution in [-0.4, -0.2) is 54.3 Å². The highest BCUT2D eigenvalue weighted by Gasteiger charge is 2.17. The Balaban J connectivity index is 1.55. The Hall–Kier alpha value is -3.28. The summed E-state index contributed by atoms with van der Waals surface area (Å²) in [6.07, 6.45) is 6.64. The van der Waals surface area contributed by atoms with Crippen LogP contribution in [0.25, 0.3) is 11.5 Å². The number of nitrogens with zero attached hydrogens (tertiary/aromatic N) is 7. The molecule has 13 heteroatoms. The smallest absolute Gasteiger partial charge is 0.323 e. The highest BCUT2D eigenvalue weighted by atomic mass is 35.5. The van der Waals surface area contributed by atoms with Gasteiger partial charge < -0.3 is 15.4 Å². The van der Waals surface area contributed by atoms with Crippen molar-refractivity contribution in [2.24, 2.45) is 5.92 Å². The summed E-state index contributed by atoms with van der Waals surface area (Å²) < 4.78 is 6.86. The Morgan fingerprint density at radius 1 is 1.16 bits per heavy atom. The summed E-state index contributed by atoms with van der Waals surface area (Å²) in [5.74, 6) is 0.519. The number of urea groups is 1. The molecule has 0 saturated heterocycles. The van der Waals surface area contributed by atoms with Gasteiger partial charge in [-0.2, -0.15) is 15.3 Å². The zero-order chi connectivity index (χ0) is 22.7. The summed E-state index contributed by atoms with van der Waals surface area (Å²) >= 11 is 12.3. The molecule has 0 saturated carbocycles. The zero-order valence-corrected chi connectivity index (χ0v) is 18.7. The van der Waals surface area contributed by atoms with E-state index in [1.165, 1.54) is 23.4 Å². The lowest BCUT2D eigenvalue weighted by molar-refractivity contribution is 0.159. The molecule has 0 spiro atoms. The van der Waals surface area contributed by atoms with Crippen LogP contribution < -0.4 is 10.6 Å². The molecule has 32 heavy (non-hydrogen) atoms. The van der Waals surface area contributed by atoms with Crippen molar-refractivity contribution in [3.63, 3.8) is 0 Å². The van der Waals surface area contributed by atoms with Crippen LogP contribution >= 0.6 is 23.2 Å². The Morgan fingerprint density at radius 2 is 1.94 bits per heavy atom. The average molecular weight is 476 g/mol. The van der Waals surface area contributed by atoms with Crippen molar-refractivity contribution >= 4 is 46.3 Å². The van der Waals surface area contributed by atoms with Crippen LogP contribution in [-0.2, 0) is 11.2 Å². The van der Waals surface area contributed by atoms with Gasteiger partial charge in [0.1, 0.15) is 0 Å². The molecule has 4 aromatic heterocycles. The molecule has 0 radical (unpaired) electrons. The van der Waals surface area contributed by atoms with Gasteiger partial charge in [-0.3, -0.25) is 0 Å². The molecule has 4 rings (SSSR count). The minimum atomic E-state index is -0.493. The second kappa shape index (κ2) is 9.47. The summed E-state index contributed by atoms with van der Waals surface area (Å²) in [6.45, 7) is 2.58. The van der Waals surface area contributed by atoms with Gasteiger partial charge in [0.25, 0.3) is 0 Å². The summed E-state index contributed by atoms with van der Waals surface area (Å²) in [7, 11) is 1.64. The minimum absolute atomic E-state index is 0.170. The Kier molecular flexibility index (Phi) is 6.49. The zero-order valence-electron chi connectivity index (χ0n) is 17.2. The van der Waals surface area contributed by atoms with E-state index in [4.69, 9.17) is 27.9 Å². The molecule has 1 atom stereocenters. The lowest BCUT2D eigenvalue weighted by Crippen LogP contribution is -2.22. The van der Waals surface area contributed by atoms with E-state index in [1.54, 1.807) is 30.0 Å². The molecule has 0 fully saturated rings. The quantitative estimate of drug-likeness (QED) is 0.419. The third kappa shape index (κ3) is 4.79. The number of nitrogens with one attached hydrogen (secondary N) is 2. The first-order valence-electron chi connectivity index (χ1n) is 9.57. The van der Waals surface area contributed by atoms with E-state index in [9.17, 15) is 4.79 Å². The number of methoxy groups -OCH3 is 1. The Morgan fingerprint density at radius 3 is 2.66 bits per heavy atom. The number of fused-ring (bicyclic) bond motifs is 1. The molecule has 2 amide bonds. The molecule has 0 aliphatic rings. The predicted octanol–water partition coefficient (Wildman–Crippen LogP) is 3.48. The second-order valence-corrected chi connectivity index (χ2v) is 7.84. The molecule has 4 heterocycles. The van der Waals surface area contributed by atoms with Gasteiger partial charge in [0.15, 0.2) is 16.6 Å². The molecular formula is C19H19Cl2N9O2. The monoisotopic (exact) mass is 475 g/mol. The Bertz CT molecular complexity index is 1240. The number of halogens is 2. The van der Waals surface area contributed by atoms with Crippen molar-refractivity contribution in [2.75, 3.05) is 24.4 Å². The summed E-state index contributed by atoms with van der Waals surface area (Å²) in [4.78, 5) is 22.5. The second-order valence-electron chi connectivity index (χ2n) is 7.05. The number of amides is 2. The van der Waals surface area contributed by atoms with Gasteiger partial charge in [0, 0.05) is 19.8 Å². The summed E-state index contributed by atoms with van der Waals surface area (Å²) in [5.41, 5.74) is 2.22. The van der Waals surface area contributed by atoms with Crippen LogP contribution in [0, 0.1) is 5.92 Å². The van der Waals surface area contributed by atoms with E-state index >= 15 is 0 Å². The first kappa shape index (κ1) is 21.9. The maximum Gasteiger partial charge on any atom is 0.323 e. The highest BCUT2D eigenvalue weighted by molar-refractivity contribution is 6.32. The van der Waals surface area contributed by atoms with Gasteiger partial charge in [-0.05, 0) is 18.4 Å². The molecule has 0 aliphatic carbocycles. The van der Waals surface area contributed by atoms with Crippen molar-refractivity contribution in [3.8, 4) is 5.82 Å². The Labute approximate surface area is 192 Å². The molecule has 11 nitrogen and oxygen atoms in total. The molecular weight excluding hydrogens is 457 g/mol. The lowest BCUT2D eigenvalue weighted by atomic mass is 10.1. The number of anilines is 2. The minimum Gasteiger partial charge on any atom is -0.384 e. The van der Waals surface area contributed by atoms with Gasteiger partial charge in [0.2, 0.25) is 0 Å². The van der Waals surface area contributed by atoms with Crippen molar-refractivity contribution < 1.29 is 9.53 Å². The van der Waals surface area contributed by atoms with Crippen LogP contribution in [0.3, 0.4) is 0 Å². The first-order valence-corrected chi connectivity index (χ1v) is 10.3. The topological polar surface area (TPSA) is 124 Å². The molecule has 0 aromatic carbocycles. The fourth-order valence-corrected chi connectivity index (χ4v) is 3.60. The number of ether oxygens (including phenoxy) is 1. The number of carbonyl (C=O) groups excluding carboxylic acids is 1.